The van der Waals surface area contributed by atoms with E-state index in [-0.39, 0.29) is 21.5 Å². The number of halogens is 2. The Morgan fingerprint density at radius 1 is 1.03 bits per heavy atom. The Hall–Kier alpha value is -3.37. The van der Waals surface area contributed by atoms with Crippen molar-refractivity contribution in [2.45, 2.75) is 23.1 Å². The van der Waals surface area contributed by atoms with E-state index < -0.39 is 17.7 Å². The lowest BCUT2D eigenvalue weighted by Gasteiger charge is -2.23. The highest BCUT2D eigenvalue weighted by Crippen LogP contribution is 2.45. The fourth-order valence-electron chi connectivity index (χ4n) is 4.12. The van der Waals surface area contributed by atoms with Gasteiger partial charge in [0.05, 0.1) is 28.8 Å². The summed E-state index contributed by atoms with van der Waals surface area (Å²) < 4.78 is 5.82. The summed E-state index contributed by atoms with van der Waals surface area (Å²) in [5.74, 6) is -0.747. The van der Waals surface area contributed by atoms with Crippen LogP contribution in [0.1, 0.15) is 28.3 Å². The van der Waals surface area contributed by atoms with E-state index in [0.717, 1.165) is 5.56 Å². The van der Waals surface area contributed by atoms with Gasteiger partial charge in [0.25, 0.3) is 5.78 Å². The molecule has 1 unspecified atom stereocenters. The zero-order chi connectivity index (χ0) is 27.7. The van der Waals surface area contributed by atoms with Gasteiger partial charge in [-0.3, -0.25) is 14.5 Å². The number of carbonyl (C=O) groups excluding carboxylic acids is 2. The molecule has 2 heterocycles. The summed E-state index contributed by atoms with van der Waals surface area (Å²) in [4.78, 5) is 28.0. The van der Waals surface area contributed by atoms with E-state index in [4.69, 9.17) is 27.9 Å². The van der Waals surface area contributed by atoms with Crippen LogP contribution in [0.3, 0.4) is 0 Å². The second-order valence-electron chi connectivity index (χ2n) is 8.70. The minimum absolute atomic E-state index is 0.0902. The van der Waals surface area contributed by atoms with Crippen LogP contribution in [-0.2, 0) is 15.3 Å². The summed E-state index contributed by atoms with van der Waals surface area (Å²) in [5.41, 5.74) is 3.05. The molecule has 1 atom stereocenters. The Morgan fingerprint density at radius 3 is 2.41 bits per heavy atom. The molecule has 198 valence electrons. The molecule has 3 aromatic carbocycles. The van der Waals surface area contributed by atoms with Crippen LogP contribution < -0.4 is 9.64 Å². The van der Waals surface area contributed by atoms with Crippen LogP contribution in [0.5, 0.6) is 5.75 Å². The number of methoxy groups -OCH3 is 1. The quantitative estimate of drug-likeness (QED) is 0.0799. The van der Waals surface area contributed by atoms with E-state index >= 15 is 0 Å². The number of aryl methyl sites for hydroxylation is 1. The van der Waals surface area contributed by atoms with Crippen LogP contribution in [0.2, 0.25) is 10.0 Å². The molecule has 1 aromatic heterocycles. The van der Waals surface area contributed by atoms with E-state index in [2.05, 4.69) is 10.2 Å². The second kappa shape index (κ2) is 11.4. The summed E-state index contributed by atoms with van der Waals surface area (Å²) in [6.07, 6.45) is 0. The van der Waals surface area contributed by atoms with Crippen molar-refractivity contribution < 1.29 is 19.4 Å². The maximum Gasteiger partial charge on any atom is 0.301 e. The van der Waals surface area contributed by atoms with E-state index in [1.54, 1.807) is 42.5 Å². The second-order valence-corrected chi connectivity index (χ2v) is 11.7. The van der Waals surface area contributed by atoms with Crippen molar-refractivity contribution in [2.24, 2.45) is 0 Å². The first-order valence-electron chi connectivity index (χ1n) is 11.7. The number of ether oxygens (including phenoxy) is 1. The highest BCUT2D eigenvalue weighted by Gasteiger charge is 2.48. The SMILES string of the molecule is COc1ccc(/C(O)=C2/C(=O)C(=O)N(c3nnc(SCc4ccc(C)cc4)s3)C2c2ccc(Cl)c(Cl)c2)cc1. The number of aromatic nitrogens is 2. The molecule has 1 N–H and O–H groups in total. The van der Waals surface area contributed by atoms with E-state index in [1.807, 2.05) is 31.2 Å². The number of carbonyl (C=O) groups is 2. The van der Waals surface area contributed by atoms with Crippen LogP contribution >= 0.6 is 46.3 Å². The minimum Gasteiger partial charge on any atom is -0.507 e. The molecule has 0 aliphatic carbocycles. The number of hydrogen-bond acceptors (Lipinski definition) is 8. The van der Waals surface area contributed by atoms with Gasteiger partial charge in [-0.15, -0.1) is 10.2 Å². The van der Waals surface area contributed by atoms with Crippen LogP contribution in [0.4, 0.5) is 5.13 Å². The van der Waals surface area contributed by atoms with Gasteiger partial charge in [-0.25, -0.2) is 0 Å². The third-order valence-electron chi connectivity index (χ3n) is 6.15. The number of thioether (sulfide) groups is 1. The van der Waals surface area contributed by atoms with Crippen molar-refractivity contribution in [3.8, 4) is 5.75 Å². The normalized spacial score (nSPS) is 16.6. The van der Waals surface area contributed by atoms with Crippen molar-refractivity contribution >= 4 is 68.9 Å². The summed E-state index contributed by atoms with van der Waals surface area (Å²) in [6.45, 7) is 2.03. The lowest BCUT2D eigenvalue weighted by molar-refractivity contribution is -0.132. The lowest BCUT2D eigenvalue weighted by Crippen LogP contribution is -2.29. The zero-order valence-electron chi connectivity index (χ0n) is 20.7. The number of rotatable bonds is 7. The maximum absolute atomic E-state index is 13.4. The molecule has 1 fully saturated rings. The van der Waals surface area contributed by atoms with E-state index in [1.165, 1.54) is 40.7 Å². The molecule has 7 nitrogen and oxygen atoms in total. The Balaban J connectivity index is 1.54. The van der Waals surface area contributed by atoms with Gasteiger partial charge in [-0.2, -0.15) is 0 Å². The predicted molar refractivity (Wildman–Crippen MR) is 155 cm³/mol. The highest BCUT2D eigenvalue weighted by atomic mass is 35.5. The van der Waals surface area contributed by atoms with Crippen molar-refractivity contribution in [3.63, 3.8) is 0 Å². The molecule has 1 saturated heterocycles. The largest absolute Gasteiger partial charge is 0.507 e. The Labute approximate surface area is 243 Å². The van der Waals surface area contributed by atoms with Gasteiger partial charge in [-0.1, -0.05) is 82.2 Å². The molecule has 0 saturated carbocycles. The molecule has 1 aliphatic heterocycles. The Bertz CT molecular complexity index is 1590. The van der Waals surface area contributed by atoms with E-state index in [0.29, 0.717) is 32.0 Å². The monoisotopic (exact) mass is 597 g/mol. The third-order valence-corrected chi connectivity index (χ3v) is 9.02. The summed E-state index contributed by atoms with van der Waals surface area (Å²) >= 11 is 15.1. The first-order valence-corrected chi connectivity index (χ1v) is 14.2. The average Bonchev–Trinajstić information content (AvgIpc) is 3.51. The summed E-state index contributed by atoms with van der Waals surface area (Å²) in [6, 6.07) is 18.5. The van der Waals surface area contributed by atoms with Gasteiger partial charge in [0, 0.05) is 11.3 Å². The van der Waals surface area contributed by atoms with Crippen LogP contribution in [-0.4, -0.2) is 34.1 Å². The Morgan fingerprint density at radius 2 is 1.74 bits per heavy atom. The van der Waals surface area contributed by atoms with Crippen molar-refractivity contribution in [1.29, 1.82) is 0 Å². The highest BCUT2D eigenvalue weighted by molar-refractivity contribution is 8.00. The average molecular weight is 599 g/mol. The number of anilines is 1. The first kappa shape index (κ1) is 27.2. The minimum atomic E-state index is -0.996. The zero-order valence-corrected chi connectivity index (χ0v) is 23.9. The van der Waals surface area contributed by atoms with Crippen molar-refractivity contribution in [2.75, 3.05) is 12.0 Å². The Kier molecular flexibility index (Phi) is 7.95. The maximum atomic E-state index is 13.4. The molecule has 4 aromatic rings. The summed E-state index contributed by atoms with van der Waals surface area (Å²) in [7, 11) is 1.53. The molecule has 11 heteroatoms. The van der Waals surface area contributed by atoms with Gasteiger partial charge in [0.15, 0.2) is 4.34 Å². The smallest absolute Gasteiger partial charge is 0.301 e. The van der Waals surface area contributed by atoms with E-state index in [9.17, 15) is 14.7 Å². The van der Waals surface area contributed by atoms with Crippen LogP contribution in [0.15, 0.2) is 76.6 Å². The predicted octanol–water partition coefficient (Wildman–Crippen LogP) is 7.08. The standard InChI is InChI=1S/C28H21Cl2N3O4S2/c1-15-3-5-16(6-4-15)14-38-28-32-31-27(39-28)33-23(18-9-12-20(29)21(30)13-18)22(25(35)26(33)36)24(34)17-7-10-19(37-2)11-8-17/h3-13,23,34H,14H2,1-2H3/b24-22-. The number of hydrogen-bond donors (Lipinski definition) is 1. The molecule has 1 amide bonds. The van der Waals surface area contributed by atoms with Crippen molar-refractivity contribution in [1.82, 2.24) is 10.2 Å². The topological polar surface area (TPSA) is 92.6 Å². The fraction of sp³-hybridized carbons (Fsp3) is 0.143. The number of aliphatic hydroxyl groups excluding tert-OH is 1. The van der Waals surface area contributed by atoms with Gasteiger partial charge < -0.3 is 9.84 Å². The van der Waals surface area contributed by atoms with Gasteiger partial charge in [0.2, 0.25) is 5.13 Å². The van der Waals surface area contributed by atoms with Crippen LogP contribution in [0, 0.1) is 6.92 Å². The number of aliphatic hydroxyl groups is 1. The van der Waals surface area contributed by atoms with Gasteiger partial charge >= 0.3 is 5.91 Å². The first-order chi connectivity index (χ1) is 18.8. The molecular formula is C28H21Cl2N3O4S2. The molecule has 39 heavy (non-hydrogen) atoms. The lowest BCUT2D eigenvalue weighted by atomic mass is 9.95. The number of Topliss-reactive ketones (excluding diaryl/α,β-unsaturated/α-hetero) is 1. The number of nitrogens with zero attached hydrogens (tertiary/aromatic N) is 3. The molecule has 0 radical (unpaired) electrons. The molecular weight excluding hydrogens is 577 g/mol. The summed E-state index contributed by atoms with van der Waals surface area (Å²) in [5, 5.41) is 20.5. The third kappa shape index (κ3) is 5.53. The number of benzene rings is 3. The molecule has 0 spiro atoms. The number of ketones is 1. The number of amides is 1. The fourth-order valence-corrected chi connectivity index (χ4v) is 6.25. The molecule has 1 aliphatic rings. The van der Waals surface area contributed by atoms with Crippen molar-refractivity contribution in [3.05, 3.63) is 105 Å². The van der Waals surface area contributed by atoms with Gasteiger partial charge in [-0.05, 0) is 54.4 Å². The van der Waals surface area contributed by atoms with Gasteiger partial charge in [0.1, 0.15) is 11.5 Å². The molecule has 0 bridgehead atoms. The van der Waals surface area contributed by atoms with Crippen LogP contribution in [0.25, 0.3) is 5.76 Å². The molecule has 5 rings (SSSR count).